The fourth-order valence-electron chi connectivity index (χ4n) is 3.79. The Labute approximate surface area is 245 Å². The third kappa shape index (κ3) is 8.59. The molecule has 2 atom stereocenters. The van der Waals surface area contributed by atoms with Crippen molar-refractivity contribution < 1.29 is 27.9 Å². The Hall–Kier alpha value is -2.34. The first-order valence-corrected chi connectivity index (χ1v) is 14.1. The number of nitrogens with two attached hydrogens (primary N) is 1. The van der Waals surface area contributed by atoms with Gasteiger partial charge in [0.15, 0.2) is 0 Å². The summed E-state index contributed by atoms with van der Waals surface area (Å²) in [5.74, 6) is 0.653. The number of aryl methyl sites for hydroxylation is 2. The molecule has 0 aliphatic carbocycles. The van der Waals surface area contributed by atoms with Crippen LogP contribution >= 0.6 is 11.6 Å². The number of nitrogens with one attached hydrogen (secondary N) is 1. The molecule has 0 saturated carbocycles. The summed E-state index contributed by atoms with van der Waals surface area (Å²) in [6, 6.07) is 32.6. The van der Waals surface area contributed by atoms with E-state index in [1.54, 1.807) is 48.5 Å². The Balaban J connectivity index is 0.000000389. The number of sulfonamides is 1. The van der Waals surface area contributed by atoms with Crippen LogP contribution in [0, 0.1) is 13.8 Å². The summed E-state index contributed by atoms with van der Waals surface area (Å²) in [5, 5.41) is 0. The van der Waals surface area contributed by atoms with E-state index in [0.29, 0.717) is 17.0 Å². The molecule has 0 amide bonds. The zero-order valence-corrected chi connectivity index (χ0v) is 25.4. The zero-order valence-electron chi connectivity index (χ0n) is 22.1. The molecule has 0 radical (unpaired) electrons. The van der Waals surface area contributed by atoms with Crippen LogP contribution in [0.15, 0.2) is 114 Å². The molecule has 4 nitrogen and oxygen atoms in total. The molecule has 4 aromatic rings. The number of hydrogen-bond donors (Lipinski definition) is 2. The Morgan fingerprint density at radius 3 is 1.63 bits per heavy atom. The largest absolute Gasteiger partial charge is 0.307 e. The SMILES string of the molecule is Cc1ccc(C(C)C)cc1.Cc1ccc(S(=O)(=O)N[C@@H](c2ccccc2)[C@](N)(Cl)c2ccccc2)cc1.[Ru]. The Morgan fingerprint density at radius 1 is 0.711 bits per heavy atom. The first-order chi connectivity index (χ1) is 17.5. The van der Waals surface area contributed by atoms with Crippen LogP contribution in [0.3, 0.4) is 0 Å². The second kappa shape index (κ2) is 14.2. The van der Waals surface area contributed by atoms with E-state index in [1.807, 2.05) is 43.3 Å². The third-order valence-corrected chi connectivity index (χ3v) is 7.99. The van der Waals surface area contributed by atoms with Crippen molar-refractivity contribution in [1.82, 2.24) is 4.72 Å². The van der Waals surface area contributed by atoms with Crippen LogP contribution < -0.4 is 10.5 Å². The van der Waals surface area contributed by atoms with Gasteiger partial charge in [-0.3, -0.25) is 0 Å². The first kappa shape index (κ1) is 31.9. The molecule has 0 unspecified atom stereocenters. The van der Waals surface area contributed by atoms with Crippen LogP contribution in [-0.4, -0.2) is 8.42 Å². The predicted octanol–water partition coefficient (Wildman–Crippen LogP) is 7.18. The quantitative estimate of drug-likeness (QED) is 0.128. The summed E-state index contributed by atoms with van der Waals surface area (Å²) < 4.78 is 28.7. The van der Waals surface area contributed by atoms with E-state index in [0.717, 1.165) is 5.56 Å². The van der Waals surface area contributed by atoms with Gasteiger partial charge in [-0.2, -0.15) is 0 Å². The molecular formula is C31H35ClN2O2RuS. The number of hydrogen-bond acceptors (Lipinski definition) is 3. The minimum Gasteiger partial charge on any atom is -0.307 e. The first-order valence-electron chi connectivity index (χ1n) is 12.2. The minimum absolute atomic E-state index is 0. The topological polar surface area (TPSA) is 72.2 Å². The summed E-state index contributed by atoms with van der Waals surface area (Å²) in [6.45, 7) is 8.44. The van der Waals surface area contributed by atoms with Crippen LogP contribution in [0.2, 0.25) is 0 Å². The van der Waals surface area contributed by atoms with Gasteiger partial charge in [-0.25, -0.2) is 13.1 Å². The summed E-state index contributed by atoms with van der Waals surface area (Å²) in [5.41, 5.74) is 11.5. The molecule has 0 saturated heterocycles. The Morgan fingerprint density at radius 2 is 1.16 bits per heavy atom. The number of halogens is 1. The van der Waals surface area contributed by atoms with E-state index < -0.39 is 21.1 Å². The fraction of sp³-hybridized carbons (Fsp3) is 0.226. The maximum atomic E-state index is 13.0. The molecule has 0 fully saturated rings. The van der Waals surface area contributed by atoms with Gasteiger partial charge in [-0.15, -0.1) is 0 Å². The monoisotopic (exact) mass is 636 g/mol. The third-order valence-electron chi connectivity index (χ3n) is 6.12. The molecule has 38 heavy (non-hydrogen) atoms. The van der Waals surface area contributed by atoms with E-state index in [-0.39, 0.29) is 24.4 Å². The molecule has 0 aliphatic rings. The molecule has 202 valence electrons. The molecule has 0 heterocycles. The zero-order chi connectivity index (χ0) is 27.1. The van der Waals surface area contributed by atoms with E-state index in [4.69, 9.17) is 17.3 Å². The van der Waals surface area contributed by atoms with E-state index in [2.05, 4.69) is 49.8 Å². The molecule has 4 aromatic carbocycles. The van der Waals surface area contributed by atoms with Gasteiger partial charge in [-0.05, 0) is 48.6 Å². The van der Waals surface area contributed by atoms with Gasteiger partial charge in [0.05, 0.1) is 10.9 Å². The van der Waals surface area contributed by atoms with Gasteiger partial charge in [0.1, 0.15) is 5.00 Å². The van der Waals surface area contributed by atoms with Gasteiger partial charge in [0, 0.05) is 19.5 Å². The molecule has 0 aromatic heterocycles. The van der Waals surface area contributed by atoms with Crippen LogP contribution in [0.5, 0.6) is 0 Å². The maximum absolute atomic E-state index is 13.0. The van der Waals surface area contributed by atoms with Crippen molar-refractivity contribution in [2.24, 2.45) is 5.73 Å². The fourth-order valence-corrected chi connectivity index (χ4v) is 5.43. The standard InChI is InChI=1S/C21H21ClN2O2S.C10H14.Ru/c1-16-12-14-19(15-13-16)27(25,26)24-20(17-8-4-2-5-9-17)21(22,23)18-10-6-3-7-11-18;1-8(2)10-6-4-9(3)5-7-10;/h2-15,20,24H,23H2,1H3;4-8H,1-3H3;/t20-,21-;;/m0../s1. The summed E-state index contributed by atoms with van der Waals surface area (Å²) >= 11 is 6.73. The summed E-state index contributed by atoms with van der Waals surface area (Å²) in [7, 11) is -3.83. The van der Waals surface area contributed by atoms with E-state index in [9.17, 15) is 8.42 Å². The van der Waals surface area contributed by atoms with Crippen LogP contribution in [0.1, 0.15) is 53.6 Å². The van der Waals surface area contributed by atoms with Crippen LogP contribution in [0.4, 0.5) is 0 Å². The molecule has 7 heteroatoms. The molecular weight excluding hydrogens is 601 g/mol. The van der Waals surface area contributed by atoms with Gasteiger partial charge >= 0.3 is 0 Å². The van der Waals surface area contributed by atoms with Crippen molar-refractivity contribution in [1.29, 1.82) is 0 Å². The predicted molar refractivity (Wildman–Crippen MR) is 154 cm³/mol. The molecule has 0 spiro atoms. The van der Waals surface area contributed by atoms with Crippen molar-refractivity contribution in [2.45, 2.75) is 49.5 Å². The Bertz CT molecular complexity index is 1360. The minimum atomic E-state index is -3.83. The van der Waals surface area contributed by atoms with Gasteiger partial charge < -0.3 is 5.73 Å². The van der Waals surface area contributed by atoms with Crippen molar-refractivity contribution >= 4 is 21.6 Å². The van der Waals surface area contributed by atoms with Crippen LogP contribution in [-0.2, 0) is 34.5 Å². The maximum Gasteiger partial charge on any atom is 0.241 e. The van der Waals surface area contributed by atoms with Gasteiger partial charge in [-0.1, -0.05) is 134 Å². The average Bonchev–Trinajstić information content (AvgIpc) is 2.89. The van der Waals surface area contributed by atoms with Crippen molar-refractivity contribution in [3.05, 3.63) is 137 Å². The van der Waals surface area contributed by atoms with E-state index in [1.165, 1.54) is 11.1 Å². The van der Waals surface area contributed by atoms with Crippen molar-refractivity contribution in [3.63, 3.8) is 0 Å². The average molecular weight is 636 g/mol. The smallest absolute Gasteiger partial charge is 0.241 e. The molecule has 3 N–H and O–H groups in total. The number of rotatable bonds is 7. The van der Waals surface area contributed by atoms with Crippen molar-refractivity contribution in [2.75, 3.05) is 0 Å². The summed E-state index contributed by atoms with van der Waals surface area (Å²) in [4.78, 5) is -1.31. The Kier molecular flexibility index (Phi) is 11.9. The normalized spacial score (nSPS) is 13.4. The molecule has 0 aliphatic heterocycles. The number of alkyl halides is 1. The van der Waals surface area contributed by atoms with E-state index >= 15 is 0 Å². The number of benzene rings is 4. The van der Waals surface area contributed by atoms with Crippen molar-refractivity contribution in [3.8, 4) is 0 Å². The second-order valence-corrected chi connectivity index (χ2v) is 11.8. The second-order valence-electron chi connectivity index (χ2n) is 9.48. The molecule has 0 bridgehead atoms. The summed E-state index contributed by atoms with van der Waals surface area (Å²) in [6.07, 6.45) is 0. The van der Waals surface area contributed by atoms with Gasteiger partial charge in [0.25, 0.3) is 0 Å². The molecule has 4 rings (SSSR count). The van der Waals surface area contributed by atoms with Crippen LogP contribution in [0.25, 0.3) is 0 Å². The van der Waals surface area contributed by atoms with Gasteiger partial charge in [0.2, 0.25) is 10.0 Å².